The lowest BCUT2D eigenvalue weighted by atomic mass is 9.81. The lowest BCUT2D eigenvalue weighted by molar-refractivity contribution is 0.660. The van der Waals surface area contributed by atoms with E-state index < -0.39 is 0 Å². The first-order valence-corrected chi connectivity index (χ1v) is 20.5. The van der Waals surface area contributed by atoms with E-state index in [9.17, 15) is 0 Å². The molecule has 2 aliphatic rings. The largest absolute Gasteiger partial charge is 0.310 e. The molecular weight excluding hydrogens is 695 g/mol. The summed E-state index contributed by atoms with van der Waals surface area (Å²) < 4.78 is 2.67. The summed E-state index contributed by atoms with van der Waals surface area (Å²) in [6.07, 6.45) is 0. The van der Waals surface area contributed by atoms with E-state index in [1.807, 2.05) is 11.3 Å². The molecule has 0 saturated heterocycles. The number of rotatable bonds is 5. The minimum absolute atomic E-state index is 0.0366. The Morgan fingerprint density at radius 2 is 0.929 bits per heavy atom. The number of anilines is 3. The van der Waals surface area contributed by atoms with Gasteiger partial charge in [-0.1, -0.05) is 161 Å². The van der Waals surface area contributed by atoms with Gasteiger partial charge >= 0.3 is 0 Å². The predicted octanol–water partition coefficient (Wildman–Crippen LogP) is 15.5. The van der Waals surface area contributed by atoms with Gasteiger partial charge in [-0.25, -0.2) is 0 Å². The number of hydrogen-bond donors (Lipinski definition) is 0. The summed E-state index contributed by atoms with van der Waals surface area (Å²) in [5.74, 6) is 0. The van der Waals surface area contributed by atoms with E-state index in [0.717, 1.165) is 11.4 Å². The van der Waals surface area contributed by atoms with E-state index in [2.05, 4.69) is 209 Å². The highest BCUT2D eigenvalue weighted by molar-refractivity contribution is 7.26. The van der Waals surface area contributed by atoms with Gasteiger partial charge < -0.3 is 4.90 Å². The van der Waals surface area contributed by atoms with Crippen molar-refractivity contribution in [1.82, 2.24) is 0 Å². The summed E-state index contributed by atoms with van der Waals surface area (Å²) >= 11 is 1.89. The van der Waals surface area contributed by atoms with Crippen molar-refractivity contribution in [3.05, 3.63) is 198 Å². The maximum absolute atomic E-state index is 2.47. The SMILES string of the molecule is CC1(C)c2ccccc2-c2ccc(-c3ccc(N(c4ccc(-c5cccc6c5sc5ccccc56)cc4)c4cccc5c4-c4ccccc4C5(C)C)cc3)cc21. The summed E-state index contributed by atoms with van der Waals surface area (Å²) in [6.45, 7) is 9.43. The van der Waals surface area contributed by atoms with Crippen molar-refractivity contribution >= 4 is 48.6 Å². The number of hydrogen-bond acceptors (Lipinski definition) is 2. The molecule has 0 aliphatic heterocycles. The number of fused-ring (bicyclic) bond motifs is 9. The van der Waals surface area contributed by atoms with Crippen LogP contribution in [0.1, 0.15) is 49.9 Å². The van der Waals surface area contributed by atoms with Crippen LogP contribution in [-0.4, -0.2) is 0 Å². The first-order chi connectivity index (χ1) is 27.3. The third-order valence-corrected chi connectivity index (χ3v) is 13.9. The molecule has 2 aliphatic carbocycles. The third-order valence-electron chi connectivity index (χ3n) is 12.7. The van der Waals surface area contributed by atoms with Crippen LogP contribution in [-0.2, 0) is 10.8 Å². The highest BCUT2D eigenvalue weighted by Gasteiger charge is 2.38. The van der Waals surface area contributed by atoms with Crippen molar-refractivity contribution in [1.29, 1.82) is 0 Å². The Morgan fingerprint density at radius 3 is 1.70 bits per heavy atom. The monoisotopic (exact) mass is 735 g/mol. The number of nitrogens with zero attached hydrogens (tertiary/aromatic N) is 1. The minimum Gasteiger partial charge on any atom is -0.310 e. The minimum atomic E-state index is -0.0920. The first kappa shape index (κ1) is 33.1. The number of thiophene rings is 1. The molecule has 0 spiro atoms. The highest BCUT2D eigenvalue weighted by atomic mass is 32.1. The zero-order valence-corrected chi connectivity index (χ0v) is 32.9. The molecule has 0 radical (unpaired) electrons. The molecule has 268 valence electrons. The smallest absolute Gasteiger partial charge is 0.0543 e. The van der Waals surface area contributed by atoms with E-state index in [-0.39, 0.29) is 10.8 Å². The predicted molar refractivity (Wildman–Crippen MR) is 240 cm³/mol. The van der Waals surface area contributed by atoms with Gasteiger partial charge in [0.15, 0.2) is 0 Å². The van der Waals surface area contributed by atoms with Crippen LogP contribution in [0.5, 0.6) is 0 Å². The van der Waals surface area contributed by atoms with Crippen molar-refractivity contribution in [2.75, 3.05) is 4.90 Å². The van der Waals surface area contributed by atoms with Gasteiger partial charge in [-0.05, 0) is 104 Å². The quantitative estimate of drug-likeness (QED) is 0.170. The van der Waals surface area contributed by atoms with Gasteiger partial charge in [-0.2, -0.15) is 0 Å². The number of benzene rings is 8. The molecule has 2 heteroatoms. The Hall–Kier alpha value is -6.22. The van der Waals surface area contributed by atoms with Gasteiger partial charge in [-0.15, -0.1) is 11.3 Å². The van der Waals surface area contributed by atoms with Crippen LogP contribution in [0.3, 0.4) is 0 Å². The van der Waals surface area contributed by atoms with Crippen LogP contribution < -0.4 is 4.90 Å². The summed E-state index contributed by atoms with van der Waals surface area (Å²) in [6, 6.07) is 65.7. The standard InChI is InChI=1S/C54H41NS/c1-53(2)46-19-9-6-15-44(46)51-47(53)20-12-21-49(51)55(38-30-25-35(26-31-38)39-16-11-17-43-42-14-7-10-22-50(42)56-52(39)43)37-28-23-34(24-29-37)36-27-32-41-40-13-5-8-18-45(40)54(3,4)48(41)33-36/h5-33H,1-4H3. The van der Waals surface area contributed by atoms with Crippen LogP contribution in [0.15, 0.2) is 176 Å². The van der Waals surface area contributed by atoms with E-state index in [1.54, 1.807) is 0 Å². The van der Waals surface area contributed by atoms with Gasteiger partial charge in [0.05, 0.1) is 5.69 Å². The third kappa shape index (κ3) is 4.79. The van der Waals surface area contributed by atoms with Crippen LogP contribution in [0.4, 0.5) is 17.1 Å². The van der Waals surface area contributed by atoms with Crippen LogP contribution in [0.25, 0.3) is 64.7 Å². The molecule has 0 bridgehead atoms. The molecule has 0 fully saturated rings. The van der Waals surface area contributed by atoms with E-state index >= 15 is 0 Å². The molecule has 0 N–H and O–H groups in total. The summed E-state index contributed by atoms with van der Waals surface area (Å²) in [5.41, 5.74) is 19.2. The maximum atomic E-state index is 2.47. The maximum Gasteiger partial charge on any atom is 0.0543 e. The second kappa shape index (κ2) is 12.1. The zero-order valence-electron chi connectivity index (χ0n) is 32.1. The molecule has 0 saturated carbocycles. The fraction of sp³-hybridized carbons (Fsp3) is 0.111. The van der Waals surface area contributed by atoms with Gasteiger partial charge in [0, 0.05) is 47.9 Å². The molecule has 0 amide bonds. The average molecular weight is 736 g/mol. The Bertz CT molecular complexity index is 3010. The van der Waals surface area contributed by atoms with Gasteiger partial charge in [-0.3, -0.25) is 0 Å². The highest BCUT2D eigenvalue weighted by Crippen LogP contribution is 2.55. The molecule has 1 nitrogen and oxygen atoms in total. The Labute approximate surface area is 333 Å². The molecule has 56 heavy (non-hydrogen) atoms. The average Bonchev–Trinajstić information content (AvgIpc) is 3.82. The van der Waals surface area contributed by atoms with Crippen molar-refractivity contribution in [3.8, 4) is 44.5 Å². The van der Waals surface area contributed by atoms with Crippen LogP contribution >= 0.6 is 11.3 Å². The molecule has 9 aromatic rings. The fourth-order valence-corrected chi connectivity index (χ4v) is 11.0. The zero-order chi connectivity index (χ0) is 37.8. The molecular formula is C54H41NS. The van der Waals surface area contributed by atoms with Gasteiger partial charge in [0.25, 0.3) is 0 Å². The Balaban J connectivity index is 1.04. The topological polar surface area (TPSA) is 3.24 Å². The normalized spacial score (nSPS) is 14.4. The van der Waals surface area contributed by atoms with Crippen LogP contribution in [0.2, 0.25) is 0 Å². The molecule has 1 heterocycles. The molecule has 1 aromatic heterocycles. The van der Waals surface area contributed by atoms with Crippen molar-refractivity contribution < 1.29 is 0 Å². The Morgan fingerprint density at radius 1 is 0.393 bits per heavy atom. The first-order valence-electron chi connectivity index (χ1n) is 19.7. The van der Waals surface area contributed by atoms with Gasteiger partial charge in [0.2, 0.25) is 0 Å². The molecule has 0 atom stereocenters. The molecule has 8 aromatic carbocycles. The van der Waals surface area contributed by atoms with Crippen molar-refractivity contribution in [2.45, 2.75) is 38.5 Å². The fourth-order valence-electron chi connectivity index (χ4n) is 9.80. The molecule has 11 rings (SSSR count). The van der Waals surface area contributed by atoms with E-state index in [0.29, 0.717) is 0 Å². The lowest BCUT2D eigenvalue weighted by Crippen LogP contribution is -2.16. The Kier molecular flexibility index (Phi) is 7.18. The van der Waals surface area contributed by atoms with Crippen molar-refractivity contribution in [3.63, 3.8) is 0 Å². The van der Waals surface area contributed by atoms with E-state index in [1.165, 1.54) is 92.6 Å². The second-order valence-electron chi connectivity index (χ2n) is 16.5. The lowest BCUT2D eigenvalue weighted by Gasteiger charge is -2.29. The van der Waals surface area contributed by atoms with Crippen molar-refractivity contribution in [2.24, 2.45) is 0 Å². The van der Waals surface area contributed by atoms with E-state index in [4.69, 9.17) is 0 Å². The summed E-state index contributed by atoms with van der Waals surface area (Å²) in [5, 5.41) is 2.65. The molecule has 0 unspecified atom stereocenters. The second-order valence-corrected chi connectivity index (χ2v) is 17.6. The summed E-state index contributed by atoms with van der Waals surface area (Å²) in [7, 11) is 0. The van der Waals surface area contributed by atoms with Crippen LogP contribution in [0, 0.1) is 0 Å². The summed E-state index contributed by atoms with van der Waals surface area (Å²) in [4.78, 5) is 2.47. The van der Waals surface area contributed by atoms with Gasteiger partial charge in [0.1, 0.15) is 0 Å².